The van der Waals surface area contributed by atoms with Gasteiger partial charge in [0.25, 0.3) is 0 Å². The molecule has 8 fully saturated rings. The van der Waals surface area contributed by atoms with Crippen molar-refractivity contribution in [3.05, 3.63) is 11.6 Å². The first-order chi connectivity index (χ1) is 36.0. The molecule has 0 radical (unpaired) electrons. The van der Waals surface area contributed by atoms with Gasteiger partial charge in [-0.3, -0.25) is 4.79 Å². The highest BCUT2D eigenvalue weighted by Gasteiger charge is 2.70. The van der Waals surface area contributed by atoms with Crippen LogP contribution in [0.3, 0.4) is 0 Å². The summed E-state index contributed by atoms with van der Waals surface area (Å²) in [4.78, 5) is 12.2. The molecule has 28 atom stereocenters. The van der Waals surface area contributed by atoms with E-state index in [1.807, 2.05) is 13.8 Å². The van der Waals surface area contributed by atoms with Gasteiger partial charge in [-0.25, -0.2) is 0 Å². The Morgan fingerprint density at radius 2 is 1.27 bits per heavy atom. The van der Waals surface area contributed by atoms with Crippen molar-refractivity contribution in [3.8, 4) is 0 Å². The van der Waals surface area contributed by atoms with Gasteiger partial charge in [0.05, 0.1) is 37.6 Å². The van der Waals surface area contributed by atoms with Gasteiger partial charge >= 0.3 is 5.97 Å². The van der Waals surface area contributed by atoms with Crippen LogP contribution in [0.4, 0.5) is 0 Å². The molecule has 4 aliphatic heterocycles. The minimum absolute atomic E-state index is 0.106. The average Bonchev–Trinajstić information content (AvgIpc) is 3.74. The van der Waals surface area contributed by atoms with E-state index in [1.165, 1.54) is 13.8 Å². The van der Waals surface area contributed by atoms with Crippen molar-refractivity contribution >= 4 is 5.97 Å². The van der Waals surface area contributed by atoms with E-state index in [2.05, 4.69) is 40.7 Å². The summed E-state index contributed by atoms with van der Waals surface area (Å²) in [6, 6.07) is 0. The topological polar surface area (TPSA) is 343 Å². The number of carbonyl (C=O) groups excluding carboxylic acids is 1. The zero-order valence-corrected chi connectivity index (χ0v) is 46.3. The second-order valence-electron chi connectivity index (χ2n) is 25.7. The highest BCUT2D eigenvalue weighted by molar-refractivity contribution is 5.65. The summed E-state index contributed by atoms with van der Waals surface area (Å²) in [7, 11) is 0. The van der Waals surface area contributed by atoms with Crippen molar-refractivity contribution in [2.75, 3.05) is 26.4 Å². The van der Waals surface area contributed by atoms with E-state index in [0.717, 1.165) is 50.5 Å². The molecule has 444 valence electrons. The van der Waals surface area contributed by atoms with Gasteiger partial charge in [0.2, 0.25) is 0 Å². The summed E-state index contributed by atoms with van der Waals surface area (Å²) in [5.74, 6) is -0.346. The molecule has 4 aliphatic carbocycles. The van der Waals surface area contributed by atoms with E-state index in [4.69, 9.17) is 42.6 Å². The van der Waals surface area contributed by atoms with Crippen molar-refractivity contribution in [1.82, 2.24) is 0 Å². The maximum atomic E-state index is 13.0. The lowest BCUT2D eigenvalue weighted by Gasteiger charge is -2.70. The van der Waals surface area contributed by atoms with Gasteiger partial charge in [0, 0.05) is 6.92 Å². The number of hydrogen-bond acceptors (Lipinski definition) is 22. The smallest absolute Gasteiger partial charge is 0.302 e. The Labute approximate surface area is 451 Å². The first-order valence-corrected chi connectivity index (χ1v) is 28.1. The highest BCUT2D eigenvalue weighted by atomic mass is 16.8. The molecule has 4 saturated heterocycles. The van der Waals surface area contributed by atoms with Crippen LogP contribution < -0.4 is 0 Å². The van der Waals surface area contributed by atoms with Crippen LogP contribution >= 0.6 is 0 Å². The summed E-state index contributed by atoms with van der Waals surface area (Å²) < 4.78 is 55.0. The fourth-order valence-electron chi connectivity index (χ4n) is 16.1. The van der Waals surface area contributed by atoms with Crippen molar-refractivity contribution < 1.29 is 109 Å². The van der Waals surface area contributed by atoms with Crippen LogP contribution in [0.1, 0.15) is 127 Å². The third-order valence-electron chi connectivity index (χ3n) is 20.7. The Balaban J connectivity index is 1.05. The van der Waals surface area contributed by atoms with Crippen molar-refractivity contribution in [2.45, 2.75) is 255 Å². The minimum Gasteiger partial charge on any atom is -0.463 e. The minimum atomic E-state index is -1.80. The Morgan fingerprint density at radius 1 is 0.636 bits per heavy atom. The Hall–Kier alpha value is -1.59. The van der Waals surface area contributed by atoms with E-state index >= 15 is 0 Å². The van der Waals surface area contributed by atoms with Gasteiger partial charge in [-0.1, -0.05) is 46.3 Å². The average molecular weight is 1110 g/mol. The lowest BCUT2D eigenvalue weighted by molar-refractivity contribution is -0.395. The molecule has 0 unspecified atom stereocenters. The number of ether oxygens (including phenoxy) is 9. The second kappa shape index (κ2) is 23.6. The van der Waals surface area contributed by atoms with Crippen LogP contribution in [0.25, 0.3) is 0 Å². The SMILES string of the molecule is CC(=O)OC[C@H]1O[C@@H](O[C@H]2CC[C@]3(C)[C@H]4CC[C@@H]5[C@@H]([C@@](O)(CCC=C(C)C)CO[C@@H]6O[C@H](CO)[C@@H](O)[C@H](O)[C@H]6O)CC[C@@]5(C)[C@]4(C)CC[C@H]3C2(C)C)[C@H](O[C@@H]2O[C@@H](C)[C@H](O)[C@@H](O)[C@H]2O)[C@@H](O[C@@H]2OC[C@@H](O)[C@H](O)[C@H]2O)[C@@H]1O. The normalized spacial score (nSPS) is 50.6. The van der Waals surface area contributed by atoms with Gasteiger partial charge in [-0.05, 0) is 130 Å². The molecule has 0 aromatic rings. The molecular weight excluding hydrogens is 1010 g/mol. The van der Waals surface area contributed by atoms with E-state index in [0.29, 0.717) is 19.3 Å². The molecule has 12 N–H and O–H groups in total. The molecular formula is C55H92O22. The van der Waals surface area contributed by atoms with Crippen LogP contribution in [0, 0.1) is 45.3 Å². The van der Waals surface area contributed by atoms with E-state index in [1.54, 1.807) is 0 Å². The van der Waals surface area contributed by atoms with Crippen molar-refractivity contribution in [3.63, 3.8) is 0 Å². The van der Waals surface area contributed by atoms with Crippen LogP contribution in [0.15, 0.2) is 11.6 Å². The van der Waals surface area contributed by atoms with Crippen LogP contribution in [-0.2, 0) is 47.4 Å². The largest absolute Gasteiger partial charge is 0.463 e. The maximum absolute atomic E-state index is 13.0. The molecule has 0 aromatic carbocycles. The summed E-state index contributed by atoms with van der Waals surface area (Å²) in [6.07, 6.45) is -20.1. The zero-order valence-electron chi connectivity index (χ0n) is 46.3. The summed E-state index contributed by atoms with van der Waals surface area (Å²) in [5, 5.41) is 131. The molecule has 22 nitrogen and oxygen atoms in total. The highest BCUT2D eigenvalue weighted by Crippen LogP contribution is 2.76. The molecule has 0 aromatic heterocycles. The predicted molar refractivity (Wildman–Crippen MR) is 268 cm³/mol. The molecule has 8 aliphatic rings. The second-order valence-corrected chi connectivity index (χ2v) is 25.7. The fourth-order valence-corrected chi connectivity index (χ4v) is 16.1. The molecule has 22 heteroatoms. The predicted octanol–water partition coefficient (Wildman–Crippen LogP) is 0.0365. The third kappa shape index (κ3) is 11.3. The summed E-state index contributed by atoms with van der Waals surface area (Å²) in [6.45, 7) is 16.6. The Morgan fingerprint density at radius 3 is 1.95 bits per heavy atom. The molecule has 0 bridgehead atoms. The first-order valence-electron chi connectivity index (χ1n) is 28.1. The number of aliphatic hydroxyl groups is 12. The number of rotatable bonds is 16. The van der Waals surface area contributed by atoms with E-state index in [-0.39, 0.29) is 46.5 Å². The lowest BCUT2D eigenvalue weighted by Crippen LogP contribution is -2.68. The van der Waals surface area contributed by atoms with Crippen molar-refractivity contribution in [1.29, 1.82) is 0 Å². The number of esters is 1. The summed E-state index contributed by atoms with van der Waals surface area (Å²) >= 11 is 0. The van der Waals surface area contributed by atoms with Gasteiger partial charge in [-0.2, -0.15) is 0 Å². The molecule has 0 spiro atoms. The lowest BCUT2D eigenvalue weighted by atomic mass is 9.35. The van der Waals surface area contributed by atoms with Crippen LogP contribution in [-0.4, -0.2) is 222 Å². The number of fused-ring (bicyclic) bond motifs is 5. The Kier molecular flexibility index (Phi) is 18.8. The van der Waals surface area contributed by atoms with Crippen molar-refractivity contribution in [2.24, 2.45) is 45.3 Å². The maximum Gasteiger partial charge on any atom is 0.302 e. The summed E-state index contributed by atoms with van der Waals surface area (Å²) in [5.41, 5.74) is -1.32. The van der Waals surface area contributed by atoms with Crippen LogP contribution in [0.2, 0.25) is 0 Å². The molecule has 0 amide bonds. The Bertz CT molecular complexity index is 2030. The molecule has 4 saturated carbocycles. The molecule has 8 rings (SSSR count). The molecule has 4 heterocycles. The van der Waals surface area contributed by atoms with E-state index < -0.39 is 160 Å². The van der Waals surface area contributed by atoms with Crippen LogP contribution in [0.5, 0.6) is 0 Å². The van der Waals surface area contributed by atoms with Gasteiger partial charge in [-0.15, -0.1) is 0 Å². The number of carbonyl (C=O) groups is 1. The van der Waals surface area contributed by atoms with Gasteiger partial charge < -0.3 is 104 Å². The molecule has 77 heavy (non-hydrogen) atoms. The quantitative estimate of drug-likeness (QED) is 0.0551. The van der Waals surface area contributed by atoms with E-state index in [9.17, 15) is 66.1 Å². The van der Waals surface area contributed by atoms with Gasteiger partial charge in [0.15, 0.2) is 25.2 Å². The number of hydrogen-bond donors (Lipinski definition) is 12. The zero-order chi connectivity index (χ0) is 56.5. The monoisotopic (exact) mass is 1100 g/mol. The standard InChI is InChI=1S/C55H92O22/c1-25(2)11-10-17-55(68,24-71-48-43(66)41(64)38(61)31(21-56)73-48)29-14-19-53(8)28(29)12-13-34-52(7)18-16-35(51(5,6)33(52)15-20-54(34,53)9)75-50-46(77-49-44(67)40(63)36(59)26(3)72-49)45(39(62)32(74-50)23-69-27(4)57)76-47-42(65)37(60)30(58)22-70-47/h11,26,28-50,56,58-68H,10,12-24H2,1-9H3/t26-,28+,29-,30+,31+,32+,33-,34+,35-,36-,37-,38+,39+,40+,41-,42+,43+,44+,45-,46+,47-,48+,49-,50-,52-,53+,54+,55+/m0/s1. The fraction of sp³-hybridized carbons (Fsp3) is 0.945. The first kappa shape index (κ1) is 61.5. The van der Waals surface area contributed by atoms with Gasteiger partial charge in [0.1, 0.15) is 92.1 Å². The third-order valence-corrected chi connectivity index (χ3v) is 20.7. The number of allylic oxidation sites excluding steroid dienone is 2. The number of aliphatic hydroxyl groups excluding tert-OH is 11.